The summed E-state index contributed by atoms with van der Waals surface area (Å²) in [6.07, 6.45) is 5.15. The third-order valence-corrected chi connectivity index (χ3v) is 9.52. The number of rotatable bonds is 9. The van der Waals surface area contributed by atoms with E-state index in [4.69, 9.17) is 21.1 Å². The van der Waals surface area contributed by atoms with E-state index < -0.39 is 10.5 Å². The molecule has 0 aromatic heterocycles. The lowest BCUT2D eigenvalue weighted by atomic mass is 9.58. The van der Waals surface area contributed by atoms with Crippen molar-refractivity contribution in [3.8, 4) is 0 Å². The van der Waals surface area contributed by atoms with E-state index in [0.717, 1.165) is 17.9 Å². The van der Waals surface area contributed by atoms with Gasteiger partial charge in [0, 0.05) is 28.6 Å². The van der Waals surface area contributed by atoms with Crippen LogP contribution in [0.4, 0.5) is 0 Å². The zero-order chi connectivity index (χ0) is 21.2. The number of halogens is 1. The van der Waals surface area contributed by atoms with Crippen molar-refractivity contribution in [3.63, 3.8) is 0 Å². The maximum absolute atomic E-state index is 11.4. The molecule has 0 spiro atoms. The van der Waals surface area contributed by atoms with Crippen molar-refractivity contribution in [3.05, 3.63) is 34.9 Å². The van der Waals surface area contributed by atoms with Gasteiger partial charge in [0.15, 0.2) is 0 Å². The van der Waals surface area contributed by atoms with Crippen molar-refractivity contribution in [2.75, 3.05) is 20.2 Å². The van der Waals surface area contributed by atoms with Crippen LogP contribution in [0.1, 0.15) is 59.4 Å². The quantitative estimate of drug-likeness (QED) is 0.471. The number of nitrogens with one attached hydrogen (secondary N) is 1. The molecule has 28 heavy (non-hydrogen) atoms. The molecule has 3 atom stereocenters. The molecule has 1 aliphatic rings. The van der Waals surface area contributed by atoms with Crippen molar-refractivity contribution < 1.29 is 14.0 Å². The van der Waals surface area contributed by atoms with E-state index >= 15 is 0 Å². The predicted octanol–water partition coefficient (Wildman–Crippen LogP) is 5.99. The molecule has 4 nitrogen and oxygen atoms in total. The fraction of sp³-hybridized carbons (Fsp3) is 0.727. The second kappa shape index (κ2) is 9.23. The van der Waals surface area contributed by atoms with Crippen LogP contribution >= 0.6 is 22.1 Å². The molecule has 162 valence electrons. The van der Waals surface area contributed by atoms with Crippen LogP contribution < -0.4 is 4.72 Å². The molecule has 0 saturated heterocycles. The average Bonchev–Trinajstić information content (AvgIpc) is 2.54. The molecule has 0 amide bonds. The van der Waals surface area contributed by atoms with Gasteiger partial charge in [0.25, 0.3) is 0 Å². The van der Waals surface area contributed by atoms with Gasteiger partial charge < -0.3 is 14.0 Å². The van der Waals surface area contributed by atoms with Gasteiger partial charge in [-0.25, -0.2) is 0 Å². The van der Waals surface area contributed by atoms with Gasteiger partial charge in [-0.1, -0.05) is 54.5 Å². The predicted molar refractivity (Wildman–Crippen MR) is 121 cm³/mol. The zero-order valence-corrected chi connectivity index (χ0v) is 20.0. The van der Waals surface area contributed by atoms with E-state index in [-0.39, 0.29) is 35.0 Å². The summed E-state index contributed by atoms with van der Waals surface area (Å²) in [7, 11) is -0.425. The van der Waals surface area contributed by atoms with Crippen LogP contribution in [-0.4, -0.2) is 41.6 Å². The molecule has 0 heterocycles. The third-order valence-electron chi connectivity index (χ3n) is 6.17. The summed E-state index contributed by atoms with van der Waals surface area (Å²) in [5.74, 6) is 0.271. The Bertz CT molecular complexity index is 624. The lowest BCUT2D eigenvalue weighted by Gasteiger charge is -2.56. The van der Waals surface area contributed by atoms with E-state index in [1.54, 1.807) is 7.11 Å². The summed E-state index contributed by atoms with van der Waals surface area (Å²) < 4.78 is 26.3. The van der Waals surface area contributed by atoms with Crippen molar-refractivity contribution in [1.29, 1.82) is 0 Å². The SMILES string of the molecule is COCO[C@@H](C(C)C)[C@H](NS(C)(O)C(C)(C)C)C1(c2ccc(Cl)cc2)CCC1. The molecule has 6 heteroatoms. The summed E-state index contributed by atoms with van der Waals surface area (Å²) in [5.41, 5.74) is 1.17. The summed E-state index contributed by atoms with van der Waals surface area (Å²) >= 11 is 6.16. The number of ether oxygens (including phenoxy) is 2. The smallest absolute Gasteiger partial charge is 0.146 e. The van der Waals surface area contributed by atoms with Gasteiger partial charge >= 0.3 is 0 Å². The maximum Gasteiger partial charge on any atom is 0.146 e. The largest absolute Gasteiger partial charge is 0.359 e. The Morgan fingerprint density at radius 2 is 1.79 bits per heavy atom. The highest BCUT2D eigenvalue weighted by atomic mass is 35.5. The van der Waals surface area contributed by atoms with Gasteiger partial charge in [-0.2, -0.15) is 0 Å². The molecule has 0 radical (unpaired) electrons. The van der Waals surface area contributed by atoms with Crippen molar-refractivity contribution in [2.24, 2.45) is 5.92 Å². The van der Waals surface area contributed by atoms with Gasteiger partial charge in [-0.3, -0.25) is 4.72 Å². The lowest BCUT2D eigenvalue weighted by Crippen LogP contribution is -2.61. The van der Waals surface area contributed by atoms with Crippen LogP contribution in [-0.2, 0) is 14.9 Å². The number of methoxy groups -OCH3 is 1. The van der Waals surface area contributed by atoms with Gasteiger partial charge in [0.1, 0.15) is 6.79 Å². The van der Waals surface area contributed by atoms with Crippen LogP contribution in [0.5, 0.6) is 0 Å². The summed E-state index contributed by atoms with van der Waals surface area (Å²) in [5, 5.41) is 0.742. The second-order valence-corrected chi connectivity index (χ2v) is 13.0. The molecule has 1 saturated carbocycles. The average molecular weight is 432 g/mol. The Balaban J connectivity index is 2.50. The summed E-state index contributed by atoms with van der Waals surface area (Å²) in [6.45, 7) is 10.8. The highest BCUT2D eigenvalue weighted by molar-refractivity contribution is 8.28. The lowest BCUT2D eigenvalue weighted by molar-refractivity contribution is -0.111. The molecule has 1 unspecified atom stereocenters. The molecule has 1 fully saturated rings. The van der Waals surface area contributed by atoms with Crippen LogP contribution in [0.15, 0.2) is 24.3 Å². The summed E-state index contributed by atoms with van der Waals surface area (Å²) in [4.78, 5) is 0. The monoisotopic (exact) mass is 431 g/mol. The number of hydrogen-bond donors (Lipinski definition) is 2. The minimum atomic E-state index is -2.07. The van der Waals surface area contributed by atoms with E-state index in [1.165, 1.54) is 12.0 Å². The maximum atomic E-state index is 11.4. The Morgan fingerprint density at radius 3 is 2.18 bits per heavy atom. The van der Waals surface area contributed by atoms with Crippen molar-refractivity contribution in [1.82, 2.24) is 4.72 Å². The first-order chi connectivity index (χ1) is 12.9. The molecular weight excluding hydrogens is 394 g/mol. The number of benzene rings is 1. The fourth-order valence-electron chi connectivity index (χ4n) is 3.86. The van der Waals surface area contributed by atoms with Gasteiger partial charge in [-0.05, 0) is 57.2 Å². The zero-order valence-electron chi connectivity index (χ0n) is 18.4. The Labute approximate surface area is 178 Å². The third kappa shape index (κ3) is 5.05. The second-order valence-electron chi connectivity index (χ2n) is 9.38. The van der Waals surface area contributed by atoms with Crippen LogP contribution in [0.3, 0.4) is 0 Å². The minimum Gasteiger partial charge on any atom is -0.359 e. The van der Waals surface area contributed by atoms with E-state index in [1.807, 2.05) is 18.4 Å². The summed E-state index contributed by atoms with van der Waals surface area (Å²) in [6, 6.07) is 8.16. The van der Waals surface area contributed by atoms with Gasteiger partial charge in [-0.15, -0.1) is 0 Å². The van der Waals surface area contributed by atoms with Crippen LogP contribution in [0.2, 0.25) is 5.02 Å². The minimum absolute atomic E-state index is 0.0261. The highest BCUT2D eigenvalue weighted by Gasteiger charge is 2.52. The van der Waals surface area contributed by atoms with Crippen LogP contribution in [0, 0.1) is 5.92 Å². The first-order valence-electron chi connectivity index (χ1n) is 10.1. The molecule has 0 aliphatic heterocycles. The Hall–Kier alpha value is -0.300. The first-order valence-corrected chi connectivity index (χ1v) is 12.5. The van der Waals surface area contributed by atoms with Crippen LogP contribution in [0.25, 0.3) is 0 Å². The molecule has 2 rings (SSSR count). The highest BCUT2D eigenvalue weighted by Crippen LogP contribution is 2.55. The molecule has 1 aromatic carbocycles. The van der Waals surface area contributed by atoms with Gasteiger partial charge in [0.05, 0.1) is 12.1 Å². The Morgan fingerprint density at radius 1 is 1.21 bits per heavy atom. The molecular formula is C22H38ClNO3S. The standard InChI is InChI=1S/C22H38ClNO3S/c1-16(2)19(27-15-26-6)20(24-28(7,25)21(3,4)5)22(13-8-14-22)17-9-11-18(23)12-10-17/h9-12,16,19-20,24-25H,8,13-15H2,1-7H3/t19-,20-/m0/s1. The van der Waals surface area contributed by atoms with Crippen molar-refractivity contribution >= 4 is 22.1 Å². The molecule has 0 bridgehead atoms. The van der Waals surface area contributed by atoms with E-state index in [2.05, 4.69) is 51.5 Å². The van der Waals surface area contributed by atoms with Crippen molar-refractivity contribution in [2.45, 2.75) is 76.2 Å². The first kappa shape index (κ1) is 24.0. The normalized spacial score (nSPS) is 22.2. The Kier molecular flexibility index (Phi) is 7.91. The van der Waals surface area contributed by atoms with E-state index in [9.17, 15) is 4.55 Å². The topological polar surface area (TPSA) is 50.7 Å². The molecule has 1 aromatic rings. The molecule has 2 N–H and O–H groups in total. The molecule has 1 aliphatic carbocycles. The fourth-order valence-corrected chi connectivity index (χ4v) is 5.19. The van der Waals surface area contributed by atoms with Gasteiger partial charge in [0.2, 0.25) is 0 Å². The van der Waals surface area contributed by atoms with E-state index in [0.29, 0.717) is 0 Å². The number of hydrogen-bond acceptors (Lipinski definition) is 4.